The van der Waals surface area contributed by atoms with Crippen molar-refractivity contribution in [1.29, 1.82) is 0 Å². The predicted molar refractivity (Wildman–Crippen MR) is 89.9 cm³/mol. The molecule has 0 saturated carbocycles. The zero-order valence-electron chi connectivity index (χ0n) is 13.4. The molecule has 7 heteroatoms. The average molecular weight is 324 g/mol. The summed E-state index contributed by atoms with van der Waals surface area (Å²) in [5, 5.41) is 9.12. The molecule has 0 atom stereocenters. The van der Waals surface area contributed by atoms with Gasteiger partial charge in [-0.2, -0.15) is 0 Å². The van der Waals surface area contributed by atoms with Crippen LogP contribution in [0.4, 0.5) is 0 Å². The van der Waals surface area contributed by atoms with E-state index in [1.54, 1.807) is 10.9 Å². The average Bonchev–Trinajstić information content (AvgIpc) is 3.12. The van der Waals surface area contributed by atoms with E-state index in [1.165, 1.54) is 16.6 Å². The lowest BCUT2D eigenvalue weighted by Crippen LogP contribution is -2.33. The highest BCUT2D eigenvalue weighted by Crippen LogP contribution is 2.23. The first-order valence-electron chi connectivity index (χ1n) is 8.18. The standard InChI is InChI=1S/C17H20N6O/c18-9-14-10-22(20-19-14)12-17(24)21-6-3-7-23-15(11-21)8-13-4-1-2-5-16(13)23/h1-2,4-5,8,10H,3,6-7,9,11-12,18H2. The van der Waals surface area contributed by atoms with Crippen molar-refractivity contribution in [1.82, 2.24) is 24.5 Å². The summed E-state index contributed by atoms with van der Waals surface area (Å²) in [5.41, 5.74) is 8.65. The lowest BCUT2D eigenvalue weighted by Gasteiger charge is -2.19. The molecule has 124 valence electrons. The summed E-state index contributed by atoms with van der Waals surface area (Å²) in [5.74, 6) is 0.0576. The number of benzene rings is 1. The van der Waals surface area contributed by atoms with E-state index in [1.807, 2.05) is 11.0 Å². The molecule has 0 fully saturated rings. The molecule has 0 unspecified atom stereocenters. The van der Waals surface area contributed by atoms with Gasteiger partial charge < -0.3 is 15.2 Å². The first-order valence-corrected chi connectivity index (χ1v) is 8.18. The summed E-state index contributed by atoms with van der Waals surface area (Å²) < 4.78 is 3.88. The van der Waals surface area contributed by atoms with Gasteiger partial charge >= 0.3 is 0 Å². The monoisotopic (exact) mass is 324 g/mol. The first-order chi connectivity index (χ1) is 11.7. The topological polar surface area (TPSA) is 82.0 Å². The fraction of sp³-hybridized carbons (Fsp3) is 0.353. The second kappa shape index (κ2) is 6.09. The third-order valence-electron chi connectivity index (χ3n) is 4.50. The van der Waals surface area contributed by atoms with Crippen LogP contribution in [0.2, 0.25) is 0 Å². The van der Waals surface area contributed by atoms with Crippen molar-refractivity contribution in [2.75, 3.05) is 6.54 Å². The maximum absolute atomic E-state index is 12.6. The summed E-state index contributed by atoms with van der Waals surface area (Å²) >= 11 is 0. The van der Waals surface area contributed by atoms with Gasteiger partial charge in [0.2, 0.25) is 5.91 Å². The number of fused-ring (bicyclic) bond motifs is 3. The Hall–Kier alpha value is -2.67. The highest BCUT2D eigenvalue weighted by Gasteiger charge is 2.21. The summed E-state index contributed by atoms with van der Waals surface area (Å²) in [4.78, 5) is 14.5. The number of carbonyl (C=O) groups excluding carboxylic acids is 1. The number of aromatic nitrogens is 4. The number of nitrogens with two attached hydrogens (primary N) is 1. The Kier molecular flexibility index (Phi) is 3.78. The molecule has 2 aromatic heterocycles. The second-order valence-corrected chi connectivity index (χ2v) is 6.13. The molecule has 3 heterocycles. The first kappa shape index (κ1) is 14.9. The van der Waals surface area contributed by atoms with Crippen LogP contribution >= 0.6 is 0 Å². The van der Waals surface area contributed by atoms with E-state index < -0.39 is 0 Å². The van der Waals surface area contributed by atoms with Crippen molar-refractivity contribution in [2.24, 2.45) is 5.73 Å². The molecule has 1 aromatic carbocycles. The number of amides is 1. The molecular weight excluding hydrogens is 304 g/mol. The van der Waals surface area contributed by atoms with E-state index in [-0.39, 0.29) is 12.5 Å². The number of rotatable bonds is 3. The van der Waals surface area contributed by atoms with Crippen LogP contribution < -0.4 is 5.73 Å². The van der Waals surface area contributed by atoms with E-state index in [0.717, 1.165) is 19.5 Å². The van der Waals surface area contributed by atoms with Gasteiger partial charge in [-0.3, -0.25) is 4.79 Å². The highest BCUT2D eigenvalue weighted by atomic mass is 16.2. The maximum atomic E-state index is 12.6. The van der Waals surface area contributed by atoms with Crippen LogP contribution in [0.1, 0.15) is 17.8 Å². The molecule has 0 bridgehead atoms. The van der Waals surface area contributed by atoms with Gasteiger partial charge in [0.15, 0.2) is 0 Å². The van der Waals surface area contributed by atoms with Crippen LogP contribution in [0.15, 0.2) is 36.5 Å². The number of aryl methyl sites for hydroxylation is 1. The molecule has 1 aliphatic rings. The van der Waals surface area contributed by atoms with Gasteiger partial charge in [0, 0.05) is 30.8 Å². The molecule has 3 aromatic rings. The Morgan fingerprint density at radius 2 is 2.12 bits per heavy atom. The minimum atomic E-state index is 0.0576. The van der Waals surface area contributed by atoms with E-state index in [4.69, 9.17) is 5.73 Å². The van der Waals surface area contributed by atoms with Gasteiger partial charge in [-0.25, -0.2) is 4.68 Å². The molecule has 1 amide bonds. The Labute approximate surface area is 139 Å². The van der Waals surface area contributed by atoms with Crippen LogP contribution in [0.3, 0.4) is 0 Å². The van der Waals surface area contributed by atoms with Crippen molar-refractivity contribution < 1.29 is 4.79 Å². The number of hydrogen-bond acceptors (Lipinski definition) is 4. The molecule has 7 nitrogen and oxygen atoms in total. The van der Waals surface area contributed by atoms with Crippen molar-refractivity contribution in [3.05, 3.63) is 47.9 Å². The third-order valence-corrected chi connectivity index (χ3v) is 4.50. The molecule has 24 heavy (non-hydrogen) atoms. The second-order valence-electron chi connectivity index (χ2n) is 6.13. The summed E-state index contributed by atoms with van der Waals surface area (Å²) in [6.45, 7) is 2.86. The Morgan fingerprint density at radius 3 is 2.96 bits per heavy atom. The Morgan fingerprint density at radius 1 is 1.25 bits per heavy atom. The van der Waals surface area contributed by atoms with Crippen molar-refractivity contribution in [2.45, 2.75) is 32.6 Å². The highest BCUT2D eigenvalue weighted by molar-refractivity contribution is 5.82. The summed E-state index contributed by atoms with van der Waals surface area (Å²) in [6.07, 6.45) is 2.68. The smallest absolute Gasteiger partial charge is 0.244 e. The quantitative estimate of drug-likeness (QED) is 0.783. The van der Waals surface area contributed by atoms with Gasteiger partial charge in [0.05, 0.1) is 18.4 Å². The number of carbonyl (C=O) groups is 1. The fourth-order valence-corrected chi connectivity index (χ4v) is 3.32. The molecule has 0 aliphatic carbocycles. The molecule has 4 rings (SSSR count). The van der Waals surface area contributed by atoms with Crippen LogP contribution in [-0.2, 0) is 31.0 Å². The third kappa shape index (κ3) is 2.67. The van der Waals surface area contributed by atoms with Crippen LogP contribution in [0.25, 0.3) is 10.9 Å². The van der Waals surface area contributed by atoms with Crippen molar-refractivity contribution in [3.8, 4) is 0 Å². The number of para-hydroxylation sites is 1. The largest absolute Gasteiger partial charge is 0.343 e. The minimum Gasteiger partial charge on any atom is -0.343 e. The van der Waals surface area contributed by atoms with Crippen LogP contribution in [0, 0.1) is 0 Å². The van der Waals surface area contributed by atoms with Gasteiger partial charge in [-0.15, -0.1) is 5.10 Å². The van der Waals surface area contributed by atoms with Gasteiger partial charge in [0.1, 0.15) is 6.54 Å². The van der Waals surface area contributed by atoms with Gasteiger partial charge in [0.25, 0.3) is 0 Å². The van der Waals surface area contributed by atoms with Crippen LogP contribution in [0.5, 0.6) is 0 Å². The predicted octanol–water partition coefficient (Wildman–Crippen LogP) is 1.12. The molecule has 0 saturated heterocycles. The van der Waals surface area contributed by atoms with E-state index in [0.29, 0.717) is 18.8 Å². The molecule has 0 radical (unpaired) electrons. The number of hydrogen-bond donors (Lipinski definition) is 1. The van der Waals surface area contributed by atoms with Crippen molar-refractivity contribution in [3.63, 3.8) is 0 Å². The van der Waals surface area contributed by atoms with Crippen molar-refractivity contribution >= 4 is 16.8 Å². The van der Waals surface area contributed by atoms with Crippen LogP contribution in [-0.4, -0.2) is 36.9 Å². The fourth-order valence-electron chi connectivity index (χ4n) is 3.32. The molecule has 0 spiro atoms. The maximum Gasteiger partial charge on any atom is 0.244 e. The normalized spacial score (nSPS) is 14.6. The van der Waals surface area contributed by atoms with E-state index in [9.17, 15) is 4.79 Å². The SMILES string of the molecule is NCc1cn(CC(=O)N2CCCn3c(cc4ccccc43)C2)nn1. The van der Waals surface area contributed by atoms with Gasteiger partial charge in [-0.05, 0) is 23.9 Å². The lowest BCUT2D eigenvalue weighted by molar-refractivity contribution is -0.132. The lowest BCUT2D eigenvalue weighted by atomic mass is 10.2. The van der Waals surface area contributed by atoms with E-state index in [2.05, 4.69) is 39.1 Å². The summed E-state index contributed by atoms with van der Waals surface area (Å²) in [7, 11) is 0. The van der Waals surface area contributed by atoms with Gasteiger partial charge in [-0.1, -0.05) is 23.4 Å². The molecule has 1 aliphatic heterocycles. The Bertz CT molecular complexity index is 880. The zero-order chi connectivity index (χ0) is 16.5. The van der Waals surface area contributed by atoms with E-state index >= 15 is 0 Å². The zero-order valence-corrected chi connectivity index (χ0v) is 13.4. The molecular formula is C17H20N6O. The minimum absolute atomic E-state index is 0.0576. The molecule has 2 N–H and O–H groups in total. The number of nitrogens with zero attached hydrogens (tertiary/aromatic N) is 5. The summed E-state index contributed by atoms with van der Waals surface area (Å²) in [6, 6.07) is 10.5. The Balaban J connectivity index is 1.55.